The second kappa shape index (κ2) is 7.83. The Morgan fingerprint density at radius 1 is 1.46 bits per heavy atom. The molecule has 1 amide bonds. The number of halogens is 1. The lowest BCUT2D eigenvalue weighted by Gasteiger charge is -2.34. The maximum atomic E-state index is 13.0. The quantitative estimate of drug-likeness (QED) is 0.831. The van der Waals surface area contributed by atoms with Crippen molar-refractivity contribution in [3.05, 3.63) is 52.2 Å². The number of benzene rings is 1. The fourth-order valence-electron chi connectivity index (χ4n) is 2.73. The second-order valence-electron chi connectivity index (χ2n) is 5.90. The number of thiazole rings is 1. The van der Waals surface area contributed by atoms with E-state index in [0.29, 0.717) is 32.8 Å². The van der Waals surface area contributed by atoms with Gasteiger partial charge in [-0.25, -0.2) is 9.37 Å². The van der Waals surface area contributed by atoms with E-state index in [1.54, 1.807) is 29.0 Å². The van der Waals surface area contributed by atoms with Crippen molar-refractivity contribution < 1.29 is 13.9 Å². The van der Waals surface area contributed by atoms with Crippen LogP contribution in [0.5, 0.6) is 0 Å². The van der Waals surface area contributed by atoms with Gasteiger partial charge in [-0.2, -0.15) is 0 Å². The van der Waals surface area contributed by atoms with Gasteiger partial charge >= 0.3 is 0 Å². The van der Waals surface area contributed by atoms with Crippen LogP contribution in [0.25, 0.3) is 0 Å². The average Bonchev–Trinajstić information content (AvgIpc) is 3.08. The molecule has 0 spiro atoms. The number of carbonyl (C=O) groups is 1. The van der Waals surface area contributed by atoms with Crippen LogP contribution in [-0.4, -0.2) is 54.0 Å². The molecule has 0 aliphatic carbocycles. The van der Waals surface area contributed by atoms with E-state index < -0.39 is 0 Å². The highest BCUT2D eigenvalue weighted by molar-refractivity contribution is 7.07. The lowest BCUT2D eigenvalue weighted by Crippen LogP contribution is -2.46. The molecule has 128 valence electrons. The van der Waals surface area contributed by atoms with Crippen LogP contribution in [0, 0.1) is 5.82 Å². The van der Waals surface area contributed by atoms with Crippen LogP contribution in [0.1, 0.15) is 17.4 Å². The molecule has 1 unspecified atom stereocenters. The first-order valence-corrected chi connectivity index (χ1v) is 8.76. The molecule has 7 heteroatoms. The molecule has 1 atom stereocenters. The highest BCUT2D eigenvalue weighted by Gasteiger charge is 2.26. The van der Waals surface area contributed by atoms with Crippen molar-refractivity contribution in [2.45, 2.75) is 12.6 Å². The summed E-state index contributed by atoms with van der Waals surface area (Å²) in [6.45, 7) is 2.56. The van der Waals surface area contributed by atoms with E-state index in [9.17, 15) is 9.18 Å². The Bertz CT molecular complexity index is 663. The Morgan fingerprint density at radius 2 is 2.25 bits per heavy atom. The normalized spacial score (nSPS) is 18.1. The molecule has 2 heterocycles. The molecule has 1 fully saturated rings. The molecule has 0 N–H and O–H groups in total. The minimum absolute atomic E-state index is 0.0724. The zero-order valence-electron chi connectivity index (χ0n) is 13.5. The summed E-state index contributed by atoms with van der Waals surface area (Å²) < 4.78 is 18.8. The predicted octanol–water partition coefficient (Wildman–Crippen LogP) is 2.31. The van der Waals surface area contributed by atoms with Gasteiger partial charge in [-0.1, -0.05) is 12.1 Å². The molecular formula is C17H20FN3O2S. The standard InChI is InChI=1S/C17H20FN3O2S/c1-20(8-15-11-24-12-19-15)10-17(22)21-6-7-23-16(9-21)13-2-4-14(18)5-3-13/h2-5,11-12,16H,6-10H2,1H3. The van der Waals surface area contributed by atoms with Crippen LogP contribution in [0.2, 0.25) is 0 Å². The number of hydrogen-bond donors (Lipinski definition) is 0. The lowest BCUT2D eigenvalue weighted by molar-refractivity contribution is -0.140. The van der Waals surface area contributed by atoms with Gasteiger partial charge in [0.2, 0.25) is 5.91 Å². The van der Waals surface area contributed by atoms with Gasteiger partial charge in [0.25, 0.3) is 0 Å². The van der Waals surface area contributed by atoms with Crippen LogP contribution in [-0.2, 0) is 16.1 Å². The fraction of sp³-hybridized carbons (Fsp3) is 0.412. The highest BCUT2D eigenvalue weighted by Crippen LogP contribution is 2.22. The lowest BCUT2D eigenvalue weighted by atomic mass is 10.1. The average molecular weight is 349 g/mol. The zero-order valence-corrected chi connectivity index (χ0v) is 14.3. The molecule has 1 aliphatic heterocycles. The van der Waals surface area contributed by atoms with E-state index in [4.69, 9.17) is 4.74 Å². The van der Waals surface area contributed by atoms with Crippen LogP contribution < -0.4 is 0 Å². The van der Waals surface area contributed by atoms with Gasteiger partial charge in [0.1, 0.15) is 11.9 Å². The molecule has 1 aromatic carbocycles. The number of amides is 1. The van der Waals surface area contributed by atoms with Gasteiger partial charge in [-0.3, -0.25) is 9.69 Å². The number of likely N-dealkylation sites (N-methyl/N-ethyl adjacent to an activating group) is 1. The first kappa shape index (κ1) is 17.0. The second-order valence-corrected chi connectivity index (χ2v) is 6.62. The Balaban J connectivity index is 1.55. The maximum absolute atomic E-state index is 13.0. The van der Waals surface area contributed by atoms with Crippen molar-refractivity contribution in [1.29, 1.82) is 0 Å². The smallest absolute Gasteiger partial charge is 0.236 e. The molecular weight excluding hydrogens is 329 g/mol. The molecule has 1 saturated heterocycles. The predicted molar refractivity (Wildman–Crippen MR) is 90.1 cm³/mol. The van der Waals surface area contributed by atoms with Crippen molar-refractivity contribution in [2.75, 3.05) is 33.3 Å². The zero-order chi connectivity index (χ0) is 16.9. The highest BCUT2D eigenvalue weighted by atomic mass is 32.1. The van der Waals surface area contributed by atoms with Crippen molar-refractivity contribution in [2.24, 2.45) is 0 Å². The molecule has 1 aliphatic rings. The van der Waals surface area contributed by atoms with Crippen LogP contribution >= 0.6 is 11.3 Å². The third-order valence-electron chi connectivity index (χ3n) is 3.98. The van der Waals surface area contributed by atoms with Crippen LogP contribution in [0.3, 0.4) is 0 Å². The summed E-state index contributed by atoms with van der Waals surface area (Å²) in [5, 5.41) is 1.99. The number of nitrogens with zero attached hydrogens (tertiary/aromatic N) is 3. The maximum Gasteiger partial charge on any atom is 0.236 e. The fourth-order valence-corrected chi connectivity index (χ4v) is 3.28. The molecule has 1 aromatic heterocycles. The number of rotatable bonds is 5. The summed E-state index contributed by atoms with van der Waals surface area (Å²) in [6, 6.07) is 6.26. The van der Waals surface area contributed by atoms with Gasteiger partial charge < -0.3 is 9.64 Å². The summed E-state index contributed by atoms with van der Waals surface area (Å²) in [5.74, 6) is -0.200. The summed E-state index contributed by atoms with van der Waals surface area (Å²) in [7, 11) is 1.91. The minimum Gasteiger partial charge on any atom is -0.370 e. The monoisotopic (exact) mass is 349 g/mol. The Morgan fingerprint density at radius 3 is 2.96 bits per heavy atom. The molecule has 0 saturated carbocycles. The Kier molecular flexibility index (Phi) is 5.55. The van der Waals surface area contributed by atoms with Gasteiger partial charge in [-0.15, -0.1) is 11.3 Å². The van der Waals surface area contributed by atoms with Crippen LogP contribution in [0.15, 0.2) is 35.2 Å². The number of morpholine rings is 1. The summed E-state index contributed by atoms with van der Waals surface area (Å²) >= 11 is 1.55. The minimum atomic E-state index is -0.272. The molecule has 0 bridgehead atoms. The number of carbonyl (C=O) groups excluding carboxylic acids is 1. The van der Waals surface area contributed by atoms with Crippen LogP contribution in [0.4, 0.5) is 4.39 Å². The summed E-state index contributed by atoms with van der Waals surface area (Å²) in [4.78, 5) is 20.5. The largest absolute Gasteiger partial charge is 0.370 e. The van der Waals surface area contributed by atoms with E-state index in [1.165, 1.54) is 12.1 Å². The summed E-state index contributed by atoms with van der Waals surface area (Å²) in [6.07, 6.45) is -0.202. The van der Waals surface area contributed by atoms with Gasteiger partial charge in [0.15, 0.2) is 0 Å². The van der Waals surface area contributed by atoms with E-state index >= 15 is 0 Å². The van der Waals surface area contributed by atoms with E-state index in [0.717, 1.165) is 11.3 Å². The Labute approximate surface area is 144 Å². The van der Waals surface area contributed by atoms with Crippen molar-refractivity contribution in [3.63, 3.8) is 0 Å². The van der Waals surface area contributed by atoms with Crippen molar-refractivity contribution in [3.8, 4) is 0 Å². The molecule has 0 radical (unpaired) electrons. The first-order valence-electron chi connectivity index (χ1n) is 7.82. The molecule has 2 aromatic rings. The van der Waals surface area contributed by atoms with Gasteiger partial charge in [0.05, 0.1) is 30.9 Å². The molecule has 24 heavy (non-hydrogen) atoms. The first-order chi connectivity index (χ1) is 11.6. The van der Waals surface area contributed by atoms with E-state index in [1.807, 2.05) is 22.2 Å². The van der Waals surface area contributed by atoms with Crippen molar-refractivity contribution in [1.82, 2.24) is 14.8 Å². The number of aromatic nitrogens is 1. The number of ether oxygens (including phenoxy) is 1. The number of hydrogen-bond acceptors (Lipinski definition) is 5. The van der Waals surface area contributed by atoms with Gasteiger partial charge in [0, 0.05) is 18.5 Å². The molecule has 3 rings (SSSR count). The molecule has 5 nitrogen and oxygen atoms in total. The summed E-state index contributed by atoms with van der Waals surface area (Å²) in [5.41, 5.74) is 3.66. The van der Waals surface area contributed by atoms with Crippen molar-refractivity contribution >= 4 is 17.2 Å². The van der Waals surface area contributed by atoms with Gasteiger partial charge in [-0.05, 0) is 24.7 Å². The topological polar surface area (TPSA) is 45.7 Å². The van der Waals surface area contributed by atoms with E-state index in [-0.39, 0.29) is 17.8 Å². The van der Waals surface area contributed by atoms with E-state index in [2.05, 4.69) is 4.98 Å². The SMILES string of the molecule is CN(CC(=O)N1CCOC(c2ccc(F)cc2)C1)Cc1cscn1. The third-order valence-corrected chi connectivity index (χ3v) is 4.62. The Hall–Kier alpha value is -1.83. The third kappa shape index (κ3) is 4.37.